The van der Waals surface area contributed by atoms with Gasteiger partial charge in [0.1, 0.15) is 11.6 Å². The van der Waals surface area contributed by atoms with Gasteiger partial charge in [-0.05, 0) is 48.1 Å². The normalized spacial score (nSPS) is 20.8. The van der Waals surface area contributed by atoms with Crippen LogP contribution in [0.1, 0.15) is 30.0 Å². The summed E-state index contributed by atoms with van der Waals surface area (Å²) in [6, 6.07) is 12.1. The average Bonchev–Trinajstić information content (AvgIpc) is 3.41. The smallest absolute Gasteiger partial charge is 0.240 e. The molecule has 1 heterocycles. The van der Waals surface area contributed by atoms with Gasteiger partial charge in [0.05, 0.1) is 12.1 Å². The maximum Gasteiger partial charge on any atom is 0.240 e. The molecule has 0 radical (unpaired) electrons. The topological polar surface area (TPSA) is 46.3 Å². The van der Waals surface area contributed by atoms with E-state index in [0.717, 1.165) is 30.5 Å². The Morgan fingerprint density at radius 2 is 1.85 bits per heavy atom. The van der Waals surface area contributed by atoms with Crippen molar-refractivity contribution in [2.24, 2.45) is 11.7 Å². The van der Waals surface area contributed by atoms with Crippen molar-refractivity contribution in [1.82, 2.24) is 4.90 Å². The maximum absolute atomic E-state index is 14.2. The van der Waals surface area contributed by atoms with Gasteiger partial charge < -0.3 is 10.6 Å². The summed E-state index contributed by atoms with van der Waals surface area (Å²) in [6.07, 6.45) is 3.77. The predicted octanol–water partition coefficient (Wildman–Crippen LogP) is 3.67. The SMILES string of the molecule is N[C@H](C(=O)N1CC(c2cc(F)ccc2F)=CC1c1ccccc1)C1CC1. The molecule has 1 fully saturated rings. The van der Waals surface area contributed by atoms with Crippen molar-refractivity contribution in [3.8, 4) is 0 Å². The van der Waals surface area contributed by atoms with Crippen LogP contribution in [0.2, 0.25) is 0 Å². The molecule has 4 rings (SSSR count). The monoisotopic (exact) mass is 354 g/mol. The van der Waals surface area contributed by atoms with E-state index in [1.54, 1.807) is 4.90 Å². The lowest BCUT2D eigenvalue weighted by Crippen LogP contribution is -2.45. The van der Waals surface area contributed by atoms with Crippen LogP contribution in [0, 0.1) is 17.6 Å². The molecule has 1 amide bonds. The maximum atomic E-state index is 14.2. The second kappa shape index (κ2) is 6.65. The van der Waals surface area contributed by atoms with Crippen molar-refractivity contribution >= 4 is 11.5 Å². The first kappa shape index (κ1) is 16.9. The fourth-order valence-electron chi connectivity index (χ4n) is 3.52. The average molecular weight is 354 g/mol. The van der Waals surface area contributed by atoms with E-state index in [-0.39, 0.29) is 30.0 Å². The molecule has 5 heteroatoms. The van der Waals surface area contributed by atoms with Crippen LogP contribution in [-0.4, -0.2) is 23.4 Å². The van der Waals surface area contributed by atoms with Gasteiger partial charge in [-0.3, -0.25) is 4.79 Å². The fraction of sp³-hybridized carbons (Fsp3) is 0.286. The Bertz CT molecular complexity index is 862. The molecule has 1 aliphatic heterocycles. The van der Waals surface area contributed by atoms with Crippen LogP contribution < -0.4 is 5.73 Å². The van der Waals surface area contributed by atoms with E-state index in [1.807, 2.05) is 36.4 Å². The zero-order valence-corrected chi connectivity index (χ0v) is 14.2. The number of hydrogen-bond acceptors (Lipinski definition) is 2. The molecule has 2 aliphatic rings. The van der Waals surface area contributed by atoms with Crippen LogP contribution in [0.15, 0.2) is 54.6 Å². The van der Waals surface area contributed by atoms with E-state index in [9.17, 15) is 13.6 Å². The first-order valence-corrected chi connectivity index (χ1v) is 8.81. The Hall–Kier alpha value is -2.53. The van der Waals surface area contributed by atoms with Gasteiger partial charge in [0.25, 0.3) is 0 Å². The molecule has 2 aromatic carbocycles. The number of halogens is 2. The third-order valence-corrected chi connectivity index (χ3v) is 5.15. The van der Waals surface area contributed by atoms with E-state index in [1.165, 1.54) is 6.07 Å². The van der Waals surface area contributed by atoms with Gasteiger partial charge in [-0.2, -0.15) is 0 Å². The molecule has 1 unspecified atom stereocenters. The summed E-state index contributed by atoms with van der Waals surface area (Å²) in [5, 5.41) is 0. The number of hydrogen-bond donors (Lipinski definition) is 1. The van der Waals surface area contributed by atoms with Crippen LogP contribution in [0.4, 0.5) is 8.78 Å². The van der Waals surface area contributed by atoms with Crippen LogP contribution in [0.3, 0.4) is 0 Å². The van der Waals surface area contributed by atoms with Crippen LogP contribution in [0.25, 0.3) is 5.57 Å². The lowest BCUT2D eigenvalue weighted by atomic mass is 10.0. The minimum absolute atomic E-state index is 0.135. The molecule has 2 atom stereocenters. The van der Waals surface area contributed by atoms with E-state index >= 15 is 0 Å². The van der Waals surface area contributed by atoms with Crippen molar-refractivity contribution in [1.29, 1.82) is 0 Å². The number of nitrogens with two attached hydrogens (primary N) is 1. The van der Waals surface area contributed by atoms with Gasteiger partial charge in [0.2, 0.25) is 5.91 Å². The van der Waals surface area contributed by atoms with E-state index in [4.69, 9.17) is 5.73 Å². The van der Waals surface area contributed by atoms with Gasteiger partial charge in [-0.25, -0.2) is 8.78 Å². The molecular formula is C21H20F2N2O. The lowest BCUT2D eigenvalue weighted by molar-refractivity contribution is -0.133. The van der Waals surface area contributed by atoms with Gasteiger partial charge in [0, 0.05) is 12.1 Å². The Morgan fingerprint density at radius 3 is 2.54 bits per heavy atom. The van der Waals surface area contributed by atoms with Crippen molar-refractivity contribution in [3.63, 3.8) is 0 Å². The van der Waals surface area contributed by atoms with Crippen molar-refractivity contribution in [3.05, 3.63) is 77.4 Å². The number of carbonyl (C=O) groups excluding carboxylic acids is 1. The summed E-state index contributed by atoms with van der Waals surface area (Å²) in [4.78, 5) is 14.6. The highest BCUT2D eigenvalue weighted by Crippen LogP contribution is 2.38. The van der Waals surface area contributed by atoms with Crippen molar-refractivity contribution in [2.45, 2.75) is 24.9 Å². The highest BCUT2D eigenvalue weighted by Gasteiger charge is 2.40. The Kier molecular flexibility index (Phi) is 4.32. The summed E-state index contributed by atoms with van der Waals surface area (Å²) in [7, 11) is 0. The Balaban J connectivity index is 1.71. The summed E-state index contributed by atoms with van der Waals surface area (Å²) in [5.41, 5.74) is 7.86. The Morgan fingerprint density at radius 1 is 1.12 bits per heavy atom. The van der Waals surface area contributed by atoms with Crippen molar-refractivity contribution in [2.75, 3.05) is 6.54 Å². The van der Waals surface area contributed by atoms with Crippen LogP contribution in [0.5, 0.6) is 0 Å². The molecular weight excluding hydrogens is 334 g/mol. The summed E-state index contributed by atoms with van der Waals surface area (Å²) in [6.45, 7) is 0.221. The second-order valence-electron chi connectivity index (χ2n) is 7.00. The highest BCUT2D eigenvalue weighted by molar-refractivity contribution is 5.87. The molecule has 2 N–H and O–H groups in total. The number of amides is 1. The molecule has 3 nitrogen and oxygen atoms in total. The Labute approximate surface area is 151 Å². The summed E-state index contributed by atoms with van der Waals surface area (Å²) < 4.78 is 27.9. The zero-order valence-electron chi connectivity index (χ0n) is 14.2. The standard InChI is InChI=1S/C21H20F2N2O/c22-16-8-9-18(23)17(11-16)15-10-19(13-4-2-1-3-5-13)25(12-15)21(26)20(24)14-6-7-14/h1-5,8-11,14,19-20H,6-7,12,24H2/t19?,20-/m0/s1. The van der Waals surface area contributed by atoms with Crippen LogP contribution in [-0.2, 0) is 4.79 Å². The number of carbonyl (C=O) groups is 1. The summed E-state index contributed by atoms with van der Waals surface area (Å²) in [5.74, 6) is -0.901. The molecule has 134 valence electrons. The number of nitrogens with zero attached hydrogens (tertiary/aromatic N) is 1. The lowest BCUT2D eigenvalue weighted by Gasteiger charge is -2.28. The molecule has 26 heavy (non-hydrogen) atoms. The third-order valence-electron chi connectivity index (χ3n) is 5.15. The predicted molar refractivity (Wildman–Crippen MR) is 95.9 cm³/mol. The quantitative estimate of drug-likeness (QED) is 0.911. The van der Waals surface area contributed by atoms with Crippen LogP contribution >= 0.6 is 0 Å². The molecule has 1 aliphatic carbocycles. The number of benzene rings is 2. The number of rotatable bonds is 4. The third kappa shape index (κ3) is 3.15. The minimum Gasteiger partial charge on any atom is -0.326 e. The first-order chi connectivity index (χ1) is 12.5. The molecule has 0 spiro atoms. The van der Waals surface area contributed by atoms with Gasteiger partial charge >= 0.3 is 0 Å². The van der Waals surface area contributed by atoms with Gasteiger partial charge in [0.15, 0.2) is 0 Å². The second-order valence-corrected chi connectivity index (χ2v) is 7.00. The fourth-order valence-corrected chi connectivity index (χ4v) is 3.52. The minimum atomic E-state index is -0.536. The van der Waals surface area contributed by atoms with E-state index < -0.39 is 17.7 Å². The molecule has 0 bridgehead atoms. The van der Waals surface area contributed by atoms with E-state index in [2.05, 4.69) is 0 Å². The first-order valence-electron chi connectivity index (χ1n) is 8.81. The highest BCUT2D eigenvalue weighted by atomic mass is 19.1. The molecule has 0 aromatic heterocycles. The molecule has 1 saturated carbocycles. The van der Waals surface area contributed by atoms with Crippen molar-refractivity contribution < 1.29 is 13.6 Å². The largest absolute Gasteiger partial charge is 0.326 e. The summed E-state index contributed by atoms with van der Waals surface area (Å²) >= 11 is 0. The molecule has 0 saturated heterocycles. The van der Waals surface area contributed by atoms with Gasteiger partial charge in [-0.1, -0.05) is 36.4 Å². The molecule has 2 aromatic rings. The zero-order chi connectivity index (χ0) is 18.3. The van der Waals surface area contributed by atoms with Gasteiger partial charge in [-0.15, -0.1) is 0 Å². The van der Waals surface area contributed by atoms with E-state index in [0.29, 0.717) is 5.57 Å².